The highest BCUT2D eigenvalue weighted by Crippen LogP contribution is 2.46. The van der Waals surface area contributed by atoms with Crippen molar-refractivity contribution >= 4 is 0 Å². The molecule has 2 heteroatoms. The van der Waals surface area contributed by atoms with Gasteiger partial charge < -0.3 is 9.84 Å². The number of rotatable bonds is 2. The van der Waals surface area contributed by atoms with Gasteiger partial charge in [-0.15, -0.1) is 0 Å². The van der Waals surface area contributed by atoms with Gasteiger partial charge in [0.25, 0.3) is 0 Å². The molecule has 2 fully saturated rings. The monoisotopic (exact) mass is 204 g/mol. The van der Waals surface area contributed by atoms with E-state index in [2.05, 4.69) is 0 Å². The fourth-order valence-corrected chi connectivity index (χ4v) is 3.06. The Morgan fingerprint density at radius 1 is 1.20 bits per heavy atom. The average molecular weight is 204 g/mol. The number of aromatic hydroxyl groups is 1. The van der Waals surface area contributed by atoms with E-state index in [4.69, 9.17) is 4.74 Å². The van der Waals surface area contributed by atoms with E-state index in [1.54, 1.807) is 12.1 Å². The SMILES string of the molecule is Oc1cccc(OC2CC3CCC2C3)c1. The highest BCUT2D eigenvalue weighted by Gasteiger charge is 2.40. The summed E-state index contributed by atoms with van der Waals surface area (Å²) in [5.74, 6) is 2.76. The maximum Gasteiger partial charge on any atom is 0.123 e. The summed E-state index contributed by atoms with van der Waals surface area (Å²) >= 11 is 0. The van der Waals surface area contributed by atoms with Gasteiger partial charge in [0.2, 0.25) is 0 Å². The standard InChI is InChI=1S/C13H16O2/c14-11-2-1-3-12(8-11)15-13-7-9-4-5-10(13)6-9/h1-3,8-10,13-14H,4-7H2. The molecule has 0 saturated heterocycles. The van der Waals surface area contributed by atoms with Gasteiger partial charge in [0, 0.05) is 6.07 Å². The highest BCUT2D eigenvalue weighted by atomic mass is 16.5. The summed E-state index contributed by atoms with van der Waals surface area (Å²) in [6, 6.07) is 7.13. The molecule has 1 aromatic rings. The van der Waals surface area contributed by atoms with Gasteiger partial charge in [-0.05, 0) is 49.7 Å². The Kier molecular flexibility index (Phi) is 2.08. The molecule has 0 radical (unpaired) electrons. The van der Waals surface area contributed by atoms with Crippen LogP contribution in [0, 0.1) is 11.8 Å². The Bertz CT molecular complexity index is 361. The minimum absolute atomic E-state index is 0.288. The zero-order valence-electron chi connectivity index (χ0n) is 8.73. The van der Waals surface area contributed by atoms with Crippen LogP contribution in [0.25, 0.3) is 0 Å². The molecule has 3 atom stereocenters. The van der Waals surface area contributed by atoms with Gasteiger partial charge in [-0.1, -0.05) is 6.07 Å². The van der Waals surface area contributed by atoms with E-state index >= 15 is 0 Å². The molecular weight excluding hydrogens is 188 g/mol. The summed E-state index contributed by atoms with van der Waals surface area (Å²) in [5, 5.41) is 9.34. The molecule has 3 rings (SSSR count). The summed E-state index contributed by atoms with van der Waals surface area (Å²) in [4.78, 5) is 0. The van der Waals surface area contributed by atoms with E-state index in [0.717, 1.165) is 17.6 Å². The smallest absolute Gasteiger partial charge is 0.123 e. The first-order valence-electron chi connectivity index (χ1n) is 5.77. The van der Waals surface area contributed by atoms with Gasteiger partial charge in [0.1, 0.15) is 17.6 Å². The fraction of sp³-hybridized carbons (Fsp3) is 0.538. The molecule has 0 amide bonds. The molecule has 0 spiro atoms. The molecule has 2 aliphatic rings. The maximum atomic E-state index is 9.34. The van der Waals surface area contributed by atoms with Gasteiger partial charge >= 0.3 is 0 Å². The molecule has 3 unspecified atom stereocenters. The zero-order valence-corrected chi connectivity index (χ0v) is 8.73. The first-order chi connectivity index (χ1) is 7.31. The first-order valence-corrected chi connectivity index (χ1v) is 5.77. The van der Waals surface area contributed by atoms with Gasteiger partial charge in [-0.3, -0.25) is 0 Å². The van der Waals surface area contributed by atoms with Crippen molar-refractivity contribution in [2.24, 2.45) is 11.8 Å². The summed E-state index contributed by atoms with van der Waals surface area (Å²) in [6.45, 7) is 0. The quantitative estimate of drug-likeness (QED) is 0.802. The lowest BCUT2D eigenvalue weighted by molar-refractivity contribution is 0.138. The first kappa shape index (κ1) is 9.08. The van der Waals surface area contributed by atoms with Crippen LogP contribution < -0.4 is 4.74 Å². The summed E-state index contributed by atoms with van der Waals surface area (Å²) < 4.78 is 5.93. The Morgan fingerprint density at radius 3 is 2.80 bits per heavy atom. The molecule has 2 nitrogen and oxygen atoms in total. The molecule has 0 aliphatic heterocycles. The number of benzene rings is 1. The second-order valence-corrected chi connectivity index (χ2v) is 4.83. The number of hydrogen-bond donors (Lipinski definition) is 1. The molecule has 0 aromatic heterocycles. The third kappa shape index (κ3) is 1.69. The molecule has 2 aliphatic carbocycles. The predicted octanol–water partition coefficient (Wildman–Crippen LogP) is 2.96. The van der Waals surface area contributed by atoms with Crippen molar-refractivity contribution in [2.75, 3.05) is 0 Å². The van der Waals surface area contributed by atoms with E-state index in [1.807, 2.05) is 12.1 Å². The molecule has 15 heavy (non-hydrogen) atoms. The number of phenolic OH excluding ortho intramolecular Hbond substituents is 1. The normalized spacial score (nSPS) is 33.2. The topological polar surface area (TPSA) is 29.5 Å². The Balaban J connectivity index is 1.71. The zero-order chi connectivity index (χ0) is 10.3. The van der Waals surface area contributed by atoms with E-state index in [0.29, 0.717) is 6.10 Å². The van der Waals surface area contributed by atoms with Crippen molar-refractivity contribution in [3.63, 3.8) is 0 Å². The van der Waals surface area contributed by atoms with Crippen molar-refractivity contribution in [2.45, 2.75) is 31.8 Å². The minimum atomic E-state index is 0.288. The van der Waals surface area contributed by atoms with E-state index in [1.165, 1.54) is 25.7 Å². The number of hydrogen-bond acceptors (Lipinski definition) is 2. The molecular formula is C13H16O2. The largest absolute Gasteiger partial charge is 0.508 e. The third-order valence-corrected chi connectivity index (χ3v) is 3.78. The lowest BCUT2D eigenvalue weighted by atomic mass is 9.98. The van der Waals surface area contributed by atoms with Crippen molar-refractivity contribution < 1.29 is 9.84 Å². The van der Waals surface area contributed by atoms with Crippen molar-refractivity contribution in [3.05, 3.63) is 24.3 Å². The summed E-state index contributed by atoms with van der Waals surface area (Å²) in [7, 11) is 0. The lowest BCUT2D eigenvalue weighted by Crippen LogP contribution is -2.23. The highest BCUT2D eigenvalue weighted by molar-refractivity contribution is 5.32. The van der Waals surface area contributed by atoms with Crippen LogP contribution in [0.5, 0.6) is 11.5 Å². The van der Waals surface area contributed by atoms with Gasteiger partial charge in [-0.2, -0.15) is 0 Å². The average Bonchev–Trinajstić information content (AvgIpc) is 2.79. The third-order valence-electron chi connectivity index (χ3n) is 3.78. The Morgan fingerprint density at radius 2 is 2.13 bits per heavy atom. The van der Waals surface area contributed by atoms with Crippen molar-refractivity contribution in [3.8, 4) is 11.5 Å². The van der Waals surface area contributed by atoms with Gasteiger partial charge in [0.15, 0.2) is 0 Å². The Hall–Kier alpha value is -1.18. The van der Waals surface area contributed by atoms with E-state index in [-0.39, 0.29) is 5.75 Å². The fourth-order valence-electron chi connectivity index (χ4n) is 3.06. The number of phenols is 1. The Labute approximate surface area is 89.9 Å². The van der Waals surface area contributed by atoms with Crippen LogP contribution in [0.2, 0.25) is 0 Å². The molecule has 80 valence electrons. The van der Waals surface area contributed by atoms with Crippen LogP contribution in [-0.2, 0) is 0 Å². The van der Waals surface area contributed by atoms with Crippen LogP contribution in [-0.4, -0.2) is 11.2 Å². The van der Waals surface area contributed by atoms with Crippen LogP contribution in [0.3, 0.4) is 0 Å². The van der Waals surface area contributed by atoms with Crippen LogP contribution in [0.1, 0.15) is 25.7 Å². The molecule has 1 aromatic carbocycles. The number of ether oxygens (including phenoxy) is 1. The molecule has 1 N–H and O–H groups in total. The maximum absolute atomic E-state index is 9.34. The second kappa shape index (κ2) is 3.44. The second-order valence-electron chi connectivity index (χ2n) is 4.83. The van der Waals surface area contributed by atoms with Crippen molar-refractivity contribution in [1.82, 2.24) is 0 Å². The van der Waals surface area contributed by atoms with Gasteiger partial charge in [0.05, 0.1) is 0 Å². The molecule has 2 saturated carbocycles. The summed E-state index contributed by atoms with van der Waals surface area (Å²) in [6.07, 6.45) is 5.67. The minimum Gasteiger partial charge on any atom is -0.508 e. The molecule has 2 bridgehead atoms. The lowest BCUT2D eigenvalue weighted by Gasteiger charge is -2.23. The number of fused-ring (bicyclic) bond motifs is 2. The van der Waals surface area contributed by atoms with E-state index in [9.17, 15) is 5.11 Å². The molecule has 0 heterocycles. The van der Waals surface area contributed by atoms with E-state index < -0.39 is 0 Å². The van der Waals surface area contributed by atoms with Crippen LogP contribution in [0.15, 0.2) is 24.3 Å². The summed E-state index contributed by atoms with van der Waals surface area (Å²) in [5.41, 5.74) is 0. The van der Waals surface area contributed by atoms with Crippen LogP contribution in [0.4, 0.5) is 0 Å². The van der Waals surface area contributed by atoms with Crippen molar-refractivity contribution in [1.29, 1.82) is 0 Å². The van der Waals surface area contributed by atoms with Gasteiger partial charge in [-0.25, -0.2) is 0 Å². The predicted molar refractivity (Wildman–Crippen MR) is 58.0 cm³/mol. The van der Waals surface area contributed by atoms with Crippen LogP contribution >= 0.6 is 0 Å².